The maximum Gasteiger partial charge on any atom is 0.322 e. The van der Waals surface area contributed by atoms with Gasteiger partial charge in [0.25, 0.3) is 5.91 Å². The zero-order valence-corrected chi connectivity index (χ0v) is 17.0. The number of carbonyl (C=O) groups excluding carboxylic acids is 2. The van der Waals surface area contributed by atoms with Crippen molar-refractivity contribution in [2.45, 2.75) is 43.8 Å². The second-order valence-electron chi connectivity index (χ2n) is 8.23. The smallest absolute Gasteiger partial charge is 0.322 e. The molecule has 7 nitrogen and oxygen atoms in total. The largest absolute Gasteiger partial charge is 0.486 e. The van der Waals surface area contributed by atoms with Crippen LogP contribution in [0.25, 0.3) is 0 Å². The average Bonchev–Trinajstić information content (AvgIpc) is 3.05. The summed E-state index contributed by atoms with van der Waals surface area (Å²) in [5, 5.41) is 6.03. The molecule has 3 aliphatic heterocycles. The van der Waals surface area contributed by atoms with Crippen LogP contribution in [0.2, 0.25) is 0 Å². The van der Waals surface area contributed by atoms with Crippen LogP contribution in [0.5, 0.6) is 11.5 Å². The molecule has 0 spiro atoms. The Morgan fingerprint density at radius 2 is 1.61 bits per heavy atom. The van der Waals surface area contributed by atoms with Gasteiger partial charge in [0.15, 0.2) is 11.5 Å². The molecule has 31 heavy (non-hydrogen) atoms. The van der Waals surface area contributed by atoms with Crippen molar-refractivity contribution in [2.75, 3.05) is 18.5 Å². The lowest BCUT2D eigenvalue weighted by Crippen LogP contribution is -2.53. The third kappa shape index (κ3) is 4.02. The van der Waals surface area contributed by atoms with Crippen molar-refractivity contribution in [1.29, 1.82) is 0 Å². The van der Waals surface area contributed by atoms with Crippen LogP contribution in [0.1, 0.15) is 36.0 Å². The number of hydrogen-bond acceptors (Lipinski definition) is 4. The molecule has 0 radical (unpaired) electrons. The molecule has 2 atom stereocenters. The van der Waals surface area contributed by atoms with E-state index in [4.69, 9.17) is 9.47 Å². The Morgan fingerprint density at radius 3 is 2.32 bits per heavy atom. The topological polar surface area (TPSA) is 79.9 Å². The van der Waals surface area contributed by atoms with Crippen LogP contribution >= 0.6 is 0 Å². The van der Waals surface area contributed by atoms with Crippen LogP contribution in [0.3, 0.4) is 0 Å². The van der Waals surface area contributed by atoms with Crippen LogP contribution in [0.4, 0.5) is 14.9 Å². The van der Waals surface area contributed by atoms with E-state index in [1.807, 2.05) is 11.0 Å². The summed E-state index contributed by atoms with van der Waals surface area (Å²) in [4.78, 5) is 27.4. The minimum atomic E-state index is -0.369. The first-order valence-corrected chi connectivity index (χ1v) is 10.6. The maximum atomic E-state index is 13.1. The van der Waals surface area contributed by atoms with E-state index >= 15 is 0 Å². The molecule has 2 fully saturated rings. The first-order chi connectivity index (χ1) is 15.1. The van der Waals surface area contributed by atoms with Gasteiger partial charge in [0.1, 0.15) is 19.0 Å². The number of ether oxygens (including phenoxy) is 2. The fourth-order valence-electron chi connectivity index (χ4n) is 4.81. The van der Waals surface area contributed by atoms with Crippen molar-refractivity contribution in [3.63, 3.8) is 0 Å². The Balaban J connectivity index is 1.21. The number of benzene rings is 2. The van der Waals surface area contributed by atoms with E-state index in [-0.39, 0.29) is 35.9 Å². The fraction of sp³-hybridized carbons (Fsp3) is 0.391. The molecule has 5 rings (SSSR count). The van der Waals surface area contributed by atoms with Crippen LogP contribution in [-0.2, 0) is 0 Å². The second-order valence-corrected chi connectivity index (χ2v) is 8.23. The lowest BCUT2D eigenvalue weighted by atomic mass is 9.97. The summed E-state index contributed by atoms with van der Waals surface area (Å²) in [7, 11) is 0. The number of carbonyl (C=O) groups is 2. The van der Waals surface area contributed by atoms with Gasteiger partial charge < -0.3 is 25.0 Å². The van der Waals surface area contributed by atoms with Gasteiger partial charge in [-0.2, -0.15) is 0 Å². The molecule has 3 amide bonds. The highest BCUT2D eigenvalue weighted by Crippen LogP contribution is 2.37. The van der Waals surface area contributed by atoms with Crippen LogP contribution < -0.4 is 20.1 Å². The van der Waals surface area contributed by atoms with E-state index in [0.29, 0.717) is 48.8 Å². The Morgan fingerprint density at radius 1 is 0.935 bits per heavy atom. The number of nitrogens with zero attached hydrogens (tertiary/aromatic N) is 1. The molecule has 2 aromatic carbocycles. The third-order valence-corrected chi connectivity index (χ3v) is 6.20. The maximum absolute atomic E-state index is 13.1. The van der Waals surface area contributed by atoms with E-state index in [1.165, 1.54) is 24.3 Å². The molecule has 2 aromatic rings. The lowest BCUT2D eigenvalue weighted by molar-refractivity contribution is 0.0891. The summed E-state index contributed by atoms with van der Waals surface area (Å²) in [5.41, 5.74) is 1.10. The lowest BCUT2D eigenvalue weighted by Gasteiger charge is -2.39. The summed E-state index contributed by atoms with van der Waals surface area (Å²) < 4.78 is 24.2. The van der Waals surface area contributed by atoms with E-state index in [2.05, 4.69) is 10.6 Å². The molecule has 3 heterocycles. The molecule has 2 bridgehead atoms. The normalized spacial score (nSPS) is 23.9. The Bertz CT molecular complexity index is 983. The summed E-state index contributed by atoms with van der Waals surface area (Å²) >= 11 is 0. The van der Waals surface area contributed by atoms with Gasteiger partial charge in [-0.3, -0.25) is 4.79 Å². The second kappa shape index (κ2) is 8.09. The first-order valence-electron chi connectivity index (χ1n) is 10.6. The van der Waals surface area contributed by atoms with Gasteiger partial charge in [-0.25, -0.2) is 9.18 Å². The summed E-state index contributed by atoms with van der Waals surface area (Å²) in [6, 6.07) is 10.9. The van der Waals surface area contributed by atoms with Gasteiger partial charge in [0.05, 0.1) is 0 Å². The van der Waals surface area contributed by atoms with Crippen LogP contribution in [0, 0.1) is 5.82 Å². The number of anilines is 1. The molecule has 2 N–H and O–H groups in total. The fourth-order valence-corrected chi connectivity index (χ4v) is 4.81. The third-order valence-electron chi connectivity index (χ3n) is 6.20. The predicted octanol–water partition coefficient (Wildman–Crippen LogP) is 3.55. The van der Waals surface area contributed by atoms with Crippen LogP contribution in [-0.4, -0.2) is 48.2 Å². The van der Waals surface area contributed by atoms with Gasteiger partial charge >= 0.3 is 6.03 Å². The Labute approximate surface area is 179 Å². The molecule has 8 heteroatoms. The summed E-state index contributed by atoms with van der Waals surface area (Å²) in [5.74, 6) is 0.738. The Kier molecular flexibility index (Phi) is 5.13. The van der Waals surface area contributed by atoms with Crippen molar-refractivity contribution >= 4 is 17.6 Å². The minimum Gasteiger partial charge on any atom is -0.486 e. The molecule has 0 aliphatic carbocycles. The standard InChI is InChI=1S/C23H24FN3O4/c24-15-3-1-14(2-4-15)22(28)25-17-11-18-6-7-19(12-17)27(18)23(29)26-16-5-8-20-21(13-16)31-10-9-30-20/h1-5,8,13,17-19H,6-7,9-12H2,(H,25,28)(H,26,29). The minimum absolute atomic E-state index is 0.00611. The van der Waals surface area contributed by atoms with E-state index in [0.717, 1.165) is 12.8 Å². The van der Waals surface area contributed by atoms with Gasteiger partial charge in [-0.15, -0.1) is 0 Å². The number of hydrogen-bond donors (Lipinski definition) is 2. The monoisotopic (exact) mass is 425 g/mol. The number of piperidine rings is 1. The van der Waals surface area contributed by atoms with Crippen molar-refractivity contribution in [1.82, 2.24) is 10.2 Å². The highest BCUT2D eigenvalue weighted by Gasteiger charge is 2.43. The molecule has 162 valence electrons. The van der Waals surface area contributed by atoms with Crippen molar-refractivity contribution in [2.24, 2.45) is 0 Å². The summed E-state index contributed by atoms with van der Waals surface area (Å²) in [6.45, 7) is 1.01. The molecular weight excluding hydrogens is 401 g/mol. The van der Waals surface area contributed by atoms with Gasteiger partial charge in [0.2, 0.25) is 0 Å². The number of urea groups is 1. The van der Waals surface area contributed by atoms with Crippen molar-refractivity contribution in [3.05, 3.63) is 53.8 Å². The Hall–Kier alpha value is -3.29. The van der Waals surface area contributed by atoms with Crippen molar-refractivity contribution < 1.29 is 23.5 Å². The quantitative estimate of drug-likeness (QED) is 0.788. The SMILES string of the molecule is O=C(NC1CC2CCC(C1)N2C(=O)Nc1ccc2c(c1)OCCO2)c1ccc(F)cc1. The average molecular weight is 425 g/mol. The summed E-state index contributed by atoms with van der Waals surface area (Å²) in [6.07, 6.45) is 3.25. The van der Waals surface area contributed by atoms with E-state index < -0.39 is 0 Å². The van der Waals surface area contributed by atoms with Gasteiger partial charge in [0, 0.05) is 35.4 Å². The molecule has 0 aromatic heterocycles. The van der Waals surface area contributed by atoms with E-state index in [9.17, 15) is 14.0 Å². The highest BCUT2D eigenvalue weighted by molar-refractivity contribution is 5.94. The predicted molar refractivity (Wildman–Crippen MR) is 112 cm³/mol. The number of rotatable bonds is 3. The van der Waals surface area contributed by atoms with Gasteiger partial charge in [-0.05, 0) is 62.1 Å². The molecule has 0 saturated carbocycles. The van der Waals surface area contributed by atoms with Crippen molar-refractivity contribution in [3.8, 4) is 11.5 Å². The molecular formula is C23H24FN3O4. The zero-order valence-electron chi connectivity index (χ0n) is 17.0. The molecule has 2 saturated heterocycles. The number of halogens is 1. The molecule has 3 aliphatic rings. The number of nitrogens with one attached hydrogen (secondary N) is 2. The first kappa shape index (κ1) is 19.7. The number of fused-ring (bicyclic) bond motifs is 3. The van der Waals surface area contributed by atoms with E-state index in [1.54, 1.807) is 12.1 Å². The number of amides is 3. The zero-order chi connectivity index (χ0) is 21.4. The van der Waals surface area contributed by atoms with Crippen LogP contribution in [0.15, 0.2) is 42.5 Å². The van der Waals surface area contributed by atoms with Gasteiger partial charge in [-0.1, -0.05) is 0 Å². The highest BCUT2D eigenvalue weighted by atomic mass is 19.1. The molecule has 2 unspecified atom stereocenters.